The van der Waals surface area contributed by atoms with E-state index >= 15 is 0 Å². The zero-order valence-corrected chi connectivity index (χ0v) is 18.9. The molecular weight excluding hydrogens is 462 g/mol. The molecule has 5 rings (SSSR count). The van der Waals surface area contributed by atoms with Crippen molar-refractivity contribution in [3.8, 4) is 11.5 Å². The fraction of sp³-hybridized carbons (Fsp3) is 0.304. The normalized spacial score (nSPS) is 16.3. The van der Waals surface area contributed by atoms with Gasteiger partial charge in [-0.3, -0.25) is 9.48 Å². The molecule has 31 heavy (non-hydrogen) atoms. The van der Waals surface area contributed by atoms with Gasteiger partial charge in [0.25, 0.3) is 5.56 Å². The van der Waals surface area contributed by atoms with Crippen LogP contribution in [0.5, 0.6) is 11.5 Å². The fourth-order valence-electron chi connectivity index (χ4n) is 4.27. The van der Waals surface area contributed by atoms with E-state index in [-0.39, 0.29) is 11.6 Å². The van der Waals surface area contributed by atoms with Crippen LogP contribution < -0.4 is 15.0 Å². The van der Waals surface area contributed by atoms with Crippen molar-refractivity contribution in [2.75, 3.05) is 27.4 Å². The summed E-state index contributed by atoms with van der Waals surface area (Å²) in [5, 5.41) is 6.17. The standard InChI is InChI=1S/C23H22BrN3O4/c1-29-17-5-3-14(21(10-17)30-2)12-26-20-9-15(24)4-6-18(20)22-19(23(26)28)11-25-27(22)16-7-8-31-13-16/h3-6,9-11,16H,7-8,12-13H2,1-2H3. The minimum atomic E-state index is -0.0800. The van der Waals surface area contributed by atoms with Gasteiger partial charge in [-0.05, 0) is 36.8 Å². The molecule has 160 valence electrons. The Labute approximate surface area is 187 Å². The number of fused-ring (bicyclic) bond motifs is 3. The maximum Gasteiger partial charge on any atom is 0.262 e. The summed E-state index contributed by atoms with van der Waals surface area (Å²) in [6.45, 7) is 1.69. The Morgan fingerprint density at radius 1 is 1.16 bits per heavy atom. The number of methoxy groups -OCH3 is 2. The molecule has 4 aromatic rings. The highest BCUT2D eigenvalue weighted by molar-refractivity contribution is 9.10. The van der Waals surface area contributed by atoms with Gasteiger partial charge >= 0.3 is 0 Å². The fourth-order valence-corrected chi connectivity index (χ4v) is 4.62. The summed E-state index contributed by atoms with van der Waals surface area (Å²) in [6.07, 6.45) is 2.57. The molecule has 0 bridgehead atoms. The molecule has 0 amide bonds. The first kappa shape index (κ1) is 20.1. The van der Waals surface area contributed by atoms with Gasteiger partial charge in [0, 0.05) is 28.1 Å². The highest BCUT2D eigenvalue weighted by Crippen LogP contribution is 2.31. The second-order valence-corrected chi connectivity index (χ2v) is 8.52. The predicted molar refractivity (Wildman–Crippen MR) is 122 cm³/mol. The van der Waals surface area contributed by atoms with Gasteiger partial charge in [-0.25, -0.2) is 0 Å². The van der Waals surface area contributed by atoms with Crippen LogP contribution in [-0.2, 0) is 11.3 Å². The number of aromatic nitrogens is 3. The summed E-state index contributed by atoms with van der Waals surface area (Å²) >= 11 is 3.56. The van der Waals surface area contributed by atoms with Crippen molar-refractivity contribution in [1.82, 2.24) is 14.3 Å². The van der Waals surface area contributed by atoms with Crippen LogP contribution in [0.2, 0.25) is 0 Å². The molecule has 0 N–H and O–H groups in total. The quantitative estimate of drug-likeness (QED) is 0.426. The third-order valence-electron chi connectivity index (χ3n) is 5.85. The lowest BCUT2D eigenvalue weighted by molar-refractivity contribution is 0.185. The molecule has 1 aliphatic rings. The van der Waals surface area contributed by atoms with E-state index in [2.05, 4.69) is 21.0 Å². The summed E-state index contributed by atoms with van der Waals surface area (Å²) in [4.78, 5) is 13.6. The molecule has 2 aromatic heterocycles. The van der Waals surface area contributed by atoms with Crippen molar-refractivity contribution in [2.45, 2.75) is 19.0 Å². The Morgan fingerprint density at radius 3 is 2.77 bits per heavy atom. The molecule has 1 unspecified atom stereocenters. The van der Waals surface area contributed by atoms with Crippen molar-refractivity contribution in [3.05, 3.63) is 63.0 Å². The van der Waals surface area contributed by atoms with E-state index in [9.17, 15) is 4.79 Å². The Kier molecular flexibility index (Phi) is 5.19. The minimum absolute atomic E-state index is 0.0800. The number of nitrogens with zero attached hydrogens (tertiary/aromatic N) is 3. The van der Waals surface area contributed by atoms with Gasteiger partial charge in [0.05, 0.1) is 56.0 Å². The summed E-state index contributed by atoms with van der Waals surface area (Å²) in [5.41, 5.74) is 2.51. The first-order chi connectivity index (χ1) is 15.1. The van der Waals surface area contributed by atoms with Gasteiger partial charge in [-0.15, -0.1) is 0 Å². The number of ether oxygens (including phenoxy) is 3. The van der Waals surface area contributed by atoms with E-state index in [0.29, 0.717) is 36.6 Å². The van der Waals surface area contributed by atoms with Gasteiger partial charge in [0.2, 0.25) is 0 Å². The molecule has 1 aliphatic heterocycles. The van der Waals surface area contributed by atoms with Crippen LogP contribution in [0.1, 0.15) is 18.0 Å². The SMILES string of the molecule is COc1ccc(Cn2c(=O)c3cnn(C4CCOC4)c3c3ccc(Br)cc32)c(OC)c1. The van der Waals surface area contributed by atoms with Gasteiger partial charge in [-0.1, -0.05) is 15.9 Å². The monoisotopic (exact) mass is 483 g/mol. The van der Waals surface area contributed by atoms with E-state index in [4.69, 9.17) is 14.2 Å². The molecule has 2 aromatic carbocycles. The molecule has 8 heteroatoms. The maximum atomic E-state index is 13.6. The van der Waals surface area contributed by atoms with Gasteiger partial charge in [0.1, 0.15) is 11.5 Å². The van der Waals surface area contributed by atoms with Crippen molar-refractivity contribution >= 4 is 37.7 Å². The maximum absolute atomic E-state index is 13.6. The number of rotatable bonds is 5. The third kappa shape index (κ3) is 3.40. The highest BCUT2D eigenvalue weighted by Gasteiger charge is 2.24. The second-order valence-electron chi connectivity index (χ2n) is 7.60. The average molecular weight is 484 g/mol. The van der Waals surface area contributed by atoms with E-state index in [1.165, 1.54) is 0 Å². The second kappa shape index (κ2) is 8.01. The number of hydrogen-bond donors (Lipinski definition) is 0. The molecule has 0 radical (unpaired) electrons. The van der Waals surface area contributed by atoms with Crippen LogP contribution >= 0.6 is 15.9 Å². The Bertz CT molecular complexity index is 1340. The topological polar surface area (TPSA) is 67.5 Å². The molecule has 0 aliphatic carbocycles. The molecule has 1 atom stereocenters. The molecule has 0 spiro atoms. The first-order valence-electron chi connectivity index (χ1n) is 10.1. The van der Waals surface area contributed by atoms with Gasteiger partial charge in [0.15, 0.2) is 0 Å². The summed E-state index contributed by atoms with van der Waals surface area (Å²) in [5.74, 6) is 1.38. The third-order valence-corrected chi connectivity index (χ3v) is 6.34. The van der Waals surface area contributed by atoms with Crippen LogP contribution in [0.15, 0.2) is 51.9 Å². The molecule has 7 nitrogen and oxygen atoms in total. The Balaban J connectivity index is 1.74. The van der Waals surface area contributed by atoms with Gasteiger partial charge < -0.3 is 18.8 Å². The highest BCUT2D eigenvalue weighted by atomic mass is 79.9. The van der Waals surface area contributed by atoms with Gasteiger partial charge in [-0.2, -0.15) is 5.10 Å². The molecule has 1 fully saturated rings. The summed E-state index contributed by atoms with van der Waals surface area (Å²) in [6, 6.07) is 11.8. The molecular formula is C23H22BrN3O4. The van der Waals surface area contributed by atoms with Crippen LogP contribution in [0, 0.1) is 0 Å². The van der Waals surface area contributed by atoms with Crippen LogP contribution in [-0.4, -0.2) is 41.8 Å². The van der Waals surface area contributed by atoms with Crippen molar-refractivity contribution < 1.29 is 14.2 Å². The van der Waals surface area contributed by atoms with Crippen molar-refractivity contribution in [1.29, 1.82) is 0 Å². The average Bonchev–Trinajstić information content (AvgIpc) is 3.46. The smallest absolute Gasteiger partial charge is 0.262 e. The van der Waals surface area contributed by atoms with E-state index in [0.717, 1.165) is 32.9 Å². The molecule has 0 saturated carbocycles. The molecule has 3 heterocycles. The molecule has 1 saturated heterocycles. The number of benzene rings is 2. The number of hydrogen-bond acceptors (Lipinski definition) is 5. The predicted octanol–water partition coefficient (Wildman–Crippen LogP) is 4.14. The number of halogens is 1. The van der Waals surface area contributed by atoms with Crippen LogP contribution in [0.4, 0.5) is 0 Å². The summed E-state index contributed by atoms with van der Waals surface area (Å²) in [7, 11) is 3.23. The first-order valence-corrected chi connectivity index (χ1v) is 10.9. The Morgan fingerprint density at radius 2 is 2.03 bits per heavy atom. The number of pyridine rings is 1. The lowest BCUT2D eigenvalue weighted by atomic mass is 10.1. The summed E-state index contributed by atoms with van der Waals surface area (Å²) < 4.78 is 21.1. The zero-order chi connectivity index (χ0) is 21.5. The minimum Gasteiger partial charge on any atom is -0.497 e. The van der Waals surface area contributed by atoms with E-state index in [1.807, 2.05) is 41.1 Å². The van der Waals surface area contributed by atoms with Crippen molar-refractivity contribution in [3.63, 3.8) is 0 Å². The van der Waals surface area contributed by atoms with Crippen LogP contribution in [0.3, 0.4) is 0 Å². The lowest BCUT2D eigenvalue weighted by Gasteiger charge is -2.17. The lowest BCUT2D eigenvalue weighted by Crippen LogP contribution is -2.22. The zero-order valence-electron chi connectivity index (χ0n) is 17.3. The largest absolute Gasteiger partial charge is 0.497 e. The van der Waals surface area contributed by atoms with Crippen LogP contribution in [0.25, 0.3) is 21.8 Å². The van der Waals surface area contributed by atoms with E-state index < -0.39 is 0 Å². The van der Waals surface area contributed by atoms with E-state index in [1.54, 1.807) is 25.0 Å². The Hall–Kier alpha value is -2.84. The van der Waals surface area contributed by atoms with Crippen molar-refractivity contribution in [2.24, 2.45) is 0 Å².